The number of aryl methyl sites for hydroxylation is 1. The molecule has 2 saturated heterocycles. The summed E-state index contributed by atoms with van der Waals surface area (Å²) in [5, 5.41) is 17.1. The molecule has 2 unspecified atom stereocenters. The van der Waals surface area contributed by atoms with Crippen LogP contribution in [0, 0.1) is 12.7 Å². The Hall–Kier alpha value is -3.62. The molecule has 2 aliphatic rings. The van der Waals surface area contributed by atoms with Crippen molar-refractivity contribution in [1.29, 1.82) is 0 Å². The summed E-state index contributed by atoms with van der Waals surface area (Å²) in [7, 11) is -4.13. The molecule has 4 heterocycles. The maximum Gasteiger partial charge on any atom is 0.306 e. The van der Waals surface area contributed by atoms with Crippen molar-refractivity contribution in [2.24, 2.45) is 0 Å². The van der Waals surface area contributed by atoms with E-state index in [2.05, 4.69) is 15.4 Å². The number of halogens is 1. The van der Waals surface area contributed by atoms with E-state index < -0.39 is 34.0 Å². The second-order valence-electron chi connectivity index (χ2n) is 9.29. The van der Waals surface area contributed by atoms with E-state index in [-0.39, 0.29) is 49.3 Å². The zero-order valence-corrected chi connectivity index (χ0v) is 21.4. The number of β-amino-alcohol motifs (C(OH)–C–C–N with tert-alkyl or cyclic N) is 1. The molecule has 202 valence electrons. The number of anilines is 1. The molecule has 2 aromatic heterocycles. The van der Waals surface area contributed by atoms with Gasteiger partial charge in [0.2, 0.25) is 11.9 Å². The van der Waals surface area contributed by atoms with Crippen molar-refractivity contribution in [2.45, 2.75) is 44.8 Å². The number of rotatable bonds is 7. The van der Waals surface area contributed by atoms with Crippen molar-refractivity contribution < 1.29 is 31.9 Å². The van der Waals surface area contributed by atoms with Gasteiger partial charge < -0.3 is 14.8 Å². The fourth-order valence-corrected chi connectivity index (χ4v) is 6.30. The van der Waals surface area contributed by atoms with Gasteiger partial charge >= 0.3 is 10.2 Å². The fourth-order valence-electron chi connectivity index (χ4n) is 4.61. The zero-order valence-electron chi connectivity index (χ0n) is 20.6. The highest BCUT2D eigenvalue weighted by atomic mass is 32.2. The number of piperidine rings is 1. The van der Waals surface area contributed by atoms with E-state index in [0.29, 0.717) is 30.6 Å². The lowest BCUT2D eigenvalue weighted by Gasteiger charge is -2.33. The molecule has 5 rings (SSSR count). The number of aliphatic hydroxyl groups excluding tert-OH is 1. The molecule has 0 bridgehead atoms. The van der Waals surface area contributed by atoms with Gasteiger partial charge in [0.15, 0.2) is 5.82 Å². The number of carbonyl (C=O) groups is 2. The third-order valence-corrected chi connectivity index (χ3v) is 8.61. The highest BCUT2D eigenvalue weighted by Gasteiger charge is 2.43. The van der Waals surface area contributed by atoms with Crippen LogP contribution < -0.4 is 5.32 Å². The minimum atomic E-state index is -4.13. The van der Waals surface area contributed by atoms with E-state index in [9.17, 15) is 27.5 Å². The molecule has 0 saturated carbocycles. The average Bonchev–Trinajstić information content (AvgIpc) is 3.63. The number of furan rings is 1. The molecule has 2 atom stereocenters. The van der Waals surface area contributed by atoms with Gasteiger partial charge in [0, 0.05) is 26.2 Å². The SMILES string of the molecule is Cc1occc1C(=O)n1nc(C2CCCN(S(=O)(=O)N3CCC(O)C3)C2=O)nc1NCc1ccc(F)cc1. The van der Waals surface area contributed by atoms with E-state index in [1.54, 1.807) is 19.1 Å². The maximum absolute atomic E-state index is 13.4. The number of carbonyl (C=O) groups excluding carboxylic acids is 2. The summed E-state index contributed by atoms with van der Waals surface area (Å²) >= 11 is 0. The Morgan fingerprint density at radius 3 is 2.63 bits per heavy atom. The average molecular weight is 547 g/mol. The molecular formula is C24H27FN6O6S. The van der Waals surface area contributed by atoms with Gasteiger partial charge in [-0.15, -0.1) is 5.10 Å². The Kier molecular flexibility index (Phi) is 7.03. The van der Waals surface area contributed by atoms with E-state index in [1.807, 2.05) is 0 Å². The molecule has 2 fully saturated rings. The number of aliphatic hydroxyl groups is 1. The minimum absolute atomic E-state index is 0.00691. The Balaban J connectivity index is 1.44. The monoisotopic (exact) mass is 546 g/mol. The van der Waals surface area contributed by atoms with E-state index in [1.165, 1.54) is 24.5 Å². The minimum Gasteiger partial charge on any atom is -0.469 e. The van der Waals surface area contributed by atoms with Gasteiger partial charge in [-0.05, 0) is 49.9 Å². The van der Waals surface area contributed by atoms with E-state index in [0.717, 1.165) is 13.3 Å². The van der Waals surface area contributed by atoms with Crippen LogP contribution in [-0.2, 0) is 21.5 Å². The topological polar surface area (TPSA) is 151 Å². The Morgan fingerprint density at radius 2 is 1.97 bits per heavy atom. The molecule has 12 nitrogen and oxygen atoms in total. The van der Waals surface area contributed by atoms with E-state index >= 15 is 0 Å². The van der Waals surface area contributed by atoms with Crippen molar-refractivity contribution in [3.05, 3.63) is 65.1 Å². The van der Waals surface area contributed by atoms with Crippen LogP contribution in [-0.4, -0.2) is 74.5 Å². The molecule has 2 N–H and O–H groups in total. The summed E-state index contributed by atoms with van der Waals surface area (Å²) in [5.74, 6) is -2.18. The first kappa shape index (κ1) is 26.0. The molecule has 0 radical (unpaired) electrons. The van der Waals surface area contributed by atoms with Gasteiger partial charge in [-0.1, -0.05) is 12.1 Å². The van der Waals surface area contributed by atoms with Crippen LogP contribution in [0.3, 0.4) is 0 Å². The van der Waals surface area contributed by atoms with Crippen LogP contribution in [0.2, 0.25) is 0 Å². The summed E-state index contributed by atoms with van der Waals surface area (Å²) in [4.78, 5) is 31.1. The van der Waals surface area contributed by atoms with Gasteiger partial charge in [-0.25, -0.2) is 8.70 Å². The predicted octanol–water partition coefficient (Wildman–Crippen LogP) is 1.64. The molecule has 3 aromatic rings. The molecule has 1 amide bonds. The first-order valence-corrected chi connectivity index (χ1v) is 13.6. The quantitative estimate of drug-likeness (QED) is 0.451. The summed E-state index contributed by atoms with van der Waals surface area (Å²) in [5.41, 5.74) is 0.964. The Morgan fingerprint density at radius 1 is 1.21 bits per heavy atom. The van der Waals surface area contributed by atoms with Crippen LogP contribution in [0.5, 0.6) is 0 Å². The molecule has 2 aliphatic heterocycles. The molecular weight excluding hydrogens is 519 g/mol. The standard InChI is InChI=1S/C24H27FN6O6S/c1-15-19(9-12-37-15)23(34)31-24(26-13-16-4-6-17(25)7-5-16)27-21(28-31)20-3-2-10-30(22(20)33)38(35,36)29-11-8-18(32)14-29/h4-7,9,12,18,20,32H,2-3,8,10-11,13-14H2,1H3,(H,26,27,28). The number of hydrogen-bond acceptors (Lipinski definition) is 9. The van der Waals surface area contributed by atoms with Crippen molar-refractivity contribution in [3.8, 4) is 0 Å². The van der Waals surface area contributed by atoms with Crippen LogP contribution in [0.4, 0.5) is 10.3 Å². The highest BCUT2D eigenvalue weighted by molar-refractivity contribution is 7.87. The molecule has 0 spiro atoms. The van der Waals surface area contributed by atoms with Gasteiger partial charge in [0.05, 0.1) is 17.9 Å². The van der Waals surface area contributed by atoms with Crippen molar-refractivity contribution in [1.82, 2.24) is 23.4 Å². The molecule has 0 aliphatic carbocycles. The fraction of sp³-hybridized carbons (Fsp3) is 0.417. The number of aromatic nitrogens is 3. The largest absolute Gasteiger partial charge is 0.469 e. The summed E-state index contributed by atoms with van der Waals surface area (Å²) < 4.78 is 47.8. The van der Waals surface area contributed by atoms with Crippen molar-refractivity contribution >= 4 is 28.0 Å². The Labute approximate surface area is 218 Å². The molecule has 14 heteroatoms. The smallest absolute Gasteiger partial charge is 0.306 e. The number of amides is 1. The third-order valence-electron chi connectivity index (χ3n) is 6.71. The van der Waals surface area contributed by atoms with Gasteiger partial charge in [-0.2, -0.15) is 22.4 Å². The Bertz CT molecular complexity index is 1450. The zero-order chi connectivity index (χ0) is 27.0. The number of hydrogen-bond donors (Lipinski definition) is 2. The maximum atomic E-state index is 13.4. The van der Waals surface area contributed by atoms with Gasteiger partial charge in [0.1, 0.15) is 17.5 Å². The lowest BCUT2D eigenvalue weighted by Crippen LogP contribution is -2.50. The first-order valence-electron chi connectivity index (χ1n) is 12.2. The van der Waals surface area contributed by atoms with Crippen molar-refractivity contribution in [2.75, 3.05) is 25.0 Å². The summed E-state index contributed by atoms with van der Waals surface area (Å²) in [6, 6.07) is 7.27. The number of nitrogens with zero attached hydrogens (tertiary/aromatic N) is 5. The molecule has 38 heavy (non-hydrogen) atoms. The van der Waals surface area contributed by atoms with Crippen molar-refractivity contribution in [3.63, 3.8) is 0 Å². The third kappa shape index (κ3) is 4.93. The number of benzene rings is 1. The second-order valence-corrected chi connectivity index (χ2v) is 11.1. The van der Waals surface area contributed by atoms with Gasteiger partial charge in [-0.3, -0.25) is 9.59 Å². The lowest BCUT2D eigenvalue weighted by molar-refractivity contribution is -0.130. The van der Waals surface area contributed by atoms with Crippen LogP contribution in [0.1, 0.15) is 52.7 Å². The van der Waals surface area contributed by atoms with E-state index in [4.69, 9.17) is 4.42 Å². The second kappa shape index (κ2) is 10.3. The summed E-state index contributed by atoms with van der Waals surface area (Å²) in [6.45, 7) is 1.88. The number of nitrogens with one attached hydrogen (secondary N) is 1. The lowest BCUT2D eigenvalue weighted by atomic mass is 9.98. The van der Waals surface area contributed by atoms with Crippen LogP contribution in [0.25, 0.3) is 0 Å². The van der Waals surface area contributed by atoms with Gasteiger partial charge in [0.25, 0.3) is 5.91 Å². The first-order chi connectivity index (χ1) is 18.1. The highest BCUT2D eigenvalue weighted by Crippen LogP contribution is 2.31. The molecule has 1 aromatic carbocycles. The predicted molar refractivity (Wildman–Crippen MR) is 132 cm³/mol. The van der Waals surface area contributed by atoms with Crippen LogP contribution in [0.15, 0.2) is 41.0 Å². The normalized spacial score (nSPS) is 20.7. The summed E-state index contributed by atoms with van der Waals surface area (Å²) in [6.07, 6.45) is 1.58. The van der Waals surface area contributed by atoms with Crippen LogP contribution >= 0.6 is 0 Å².